The van der Waals surface area contributed by atoms with Crippen LogP contribution in [-0.2, 0) is 13.1 Å². The molecule has 104 valence electrons. The van der Waals surface area contributed by atoms with Crippen molar-refractivity contribution in [1.82, 2.24) is 10.3 Å². The van der Waals surface area contributed by atoms with Gasteiger partial charge in [0.25, 0.3) is 0 Å². The molecule has 0 spiro atoms. The average molecular weight is 272 g/mol. The maximum Gasteiger partial charge on any atom is 0.337 e. The van der Waals surface area contributed by atoms with Crippen LogP contribution in [0.15, 0.2) is 42.6 Å². The smallest absolute Gasteiger partial charge is 0.337 e. The van der Waals surface area contributed by atoms with Crippen LogP contribution in [0, 0.1) is 0 Å². The number of ether oxygens (including phenoxy) is 1. The summed E-state index contributed by atoms with van der Waals surface area (Å²) in [6.45, 7) is 1.27. The molecule has 2 rings (SSSR count). The summed E-state index contributed by atoms with van der Waals surface area (Å²) in [7, 11) is 1.64. The Bertz CT molecular complexity index is 582. The van der Waals surface area contributed by atoms with E-state index in [2.05, 4.69) is 10.3 Å². The topological polar surface area (TPSA) is 71.5 Å². The van der Waals surface area contributed by atoms with E-state index in [-0.39, 0.29) is 5.56 Å². The second-order valence-corrected chi connectivity index (χ2v) is 4.30. The van der Waals surface area contributed by atoms with Crippen LogP contribution < -0.4 is 10.1 Å². The van der Waals surface area contributed by atoms with Gasteiger partial charge in [0.05, 0.1) is 18.4 Å². The Kier molecular flexibility index (Phi) is 4.68. The molecule has 1 aromatic heterocycles. The summed E-state index contributed by atoms with van der Waals surface area (Å²) in [5.74, 6) is -0.137. The highest BCUT2D eigenvalue weighted by Gasteiger charge is 2.02. The van der Waals surface area contributed by atoms with Gasteiger partial charge in [0.1, 0.15) is 5.75 Å². The van der Waals surface area contributed by atoms with Gasteiger partial charge in [-0.1, -0.05) is 12.1 Å². The molecule has 5 heteroatoms. The van der Waals surface area contributed by atoms with Gasteiger partial charge in [0.2, 0.25) is 0 Å². The second-order valence-electron chi connectivity index (χ2n) is 4.30. The van der Waals surface area contributed by atoms with E-state index < -0.39 is 5.97 Å². The Morgan fingerprint density at radius 3 is 2.80 bits per heavy atom. The number of benzene rings is 1. The summed E-state index contributed by atoms with van der Waals surface area (Å²) >= 11 is 0. The first-order chi connectivity index (χ1) is 9.69. The number of carboxylic acids is 1. The number of pyridine rings is 1. The molecule has 0 aliphatic rings. The number of aromatic carboxylic acids is 1. The fraction of sp³-hybridized carbons (Fsp3) is 0.200. The van der Waals surface area contributed by atoms with Crippen LogP contribution in [0.2, 0.25) is 0 Å². The molecule has 0 amide bonds. The van der Waals surface area contributed by atoms with Crippen molar-refractivity contribution in [2.24, 2.45) is 0 Å². The molecule has 5 nitrogen and oxygen atoms in total. The molecule has 0 saturated carbocycles. The van der Waals surface area contributed by atoms with Gasteiger partial charge in [0.15, 0.2) is 0 Å². The predicted molar refractivity (Wildman–Crippen MR) is 74.7 cm³/mol. The van der Waals surface area contributed by atoms with Crippen LogP contribution in [-0.4, -0.2) is 23.2 Å². The number of rotatable bonds is 6. The van der Waals surface area contributed by atoms with E-state index in [1.807, 2.05) is 24.3 Å². The highest BCUT2D eigenvalue weighted by Crippen LogP contribution is 2.12. The minimum absolute atomic E-state index is 0.196. The monoisotopic (exact) mass is 272 g/mol. The van der Waals surface area contributed by atoms with Crippen LogP contribution in [0.25, 0.3) is 0 Å². The molecule has 20 heavy (non-hydrogen) atoms. The first-order valence-corrected chi connectivity index (χ1v) is 6.21. The van der Waals surface area contributed by atoms with Crippen molar-refractivity contribution < 1.29 is 14.6 Å². The van der Waals surface area contributed by atoms with Crippen LogP contribution >= 0.6 is 0 Å². The van der Waals surface area contributed by atoms with Gasteiger partial charge in [-0.2, -0.15) is 0 Å². The predicted octanol–water partition coefficient (Wildman–Crippen LogP) is 2.08. The maximum absolute atomic E-state index is 10.7. The molecule has 1 heterocycles. The molecular formula is C15H16N2O3. The average Bonchev–Trinajstić information content (AvgIpc) is 2.48. The molecule has 0 atom stereocenters. The van der Waals surface area contributed by atoms with Crippen molar-refractivity contribution >= 4 is 5.97 Å². The third-order valence-corrected chi connectivity index (χ3v) is 2.84. The fourth-order valence-electron chi connectivity index (χ4n) is 1.77. The third kappa shape index (κ3) is 3.80. The van der Waals surface area contributed by atoms with Gasteiger partial charge in [-0.3, -0.25) is 4.98 Å². The van der Waals surface area contributed by atoms with E-state index in [1.54, 1.807) is 19.2 Å². The lowest BCUT2D eigenvalue weighted by atomic mass is 10.2. The number of nitrogens with zero attached hydrogens (tertiary/aromatic N) is 1. The third-order valence-electron chi connectivity index (χ3n) is 2.84. The molecule has 0 unspecified atom stereocenters. The lowest BCUT2D eigenvalue weighted by Gasteiger charge is -2.06. The minimum atomic E-state index is -0.964. The number of carboxylic acid groups (broad SMARTS) is 1. The number of hydrogen-bond acceptors (Lipinski definition) is 4. The highest BCUT2D eigenvalue weighted by molar-refractivity contribution is 5.87. The van der Waals surface area contributed by atoms with Gasteiger partial charge < -0.3 is 15.2 Å². The molecule has 1 aromatic carbocycles. The minimum Gasteiger partial charge on any atom is -0.497 e. The quantitative estimate of drug-likeness (QED) is 0.842. The van der Waals surface area contributed by atoms with E-state index in [1.165, 1.54) is 6.20 Å². The standard InChI is InChI=1S/C15H16N2O3/c1-20-14-4-2-3-11(7-14)8-16-10-13-6-5-12(9-17-13)15(18)19/h2-7,9,16H,8,10H2,1H3,(H,18,19). The van der Waals surface area contributed by atoms with E-state index in [0.29, 0.717) is 13.1 Å². The molecule has 0 fully saturated rings. The van der Waals surface area contributed by atoms with Gasteiger partial charge in [-0.05, 0) is 29.8 Å². The lowest BCUT2D eigenvalue weighted by molar-refractivity contribution is 0.0696. The van der Waals surface area contributed by atoms with Crippen molar-refractivity contribution in [3.05, 3.63) is 59.4 Å². The number of carbonyl (C=O) groups is 1. The Balaban J connectivity index is 1.87. The van der Waals surface area contributed by atoms with Gasteiger partial charge >= 0.3 is 5.97 Å². The van der Waals surface area contributed by atoms with Crippen molar-refractivity contribution in [3.8, 4) is 5.75 Å². The highest BCUT2D eigenvalue weighted by atomic mass is 16.5. The summed E-state index contributed by atoms with van der Waals surface area (Å²) in [4.78, 5) is 14.8. The summed E-state index contributed by atoms with van der Waals surface area (Å²) in [5.41, 5.74) is 2.12. The maximum atomic E-state index is 10.7. The zero-order valence-corrected chi connectivity index (χ0v) is 11.2. The van der Waals surface area contributed by atoms with Crippen LogP contribution in [0.4, 0.5) is 0 Å². The molecule has 2 N–H and O–H groups in total. The van der Waals surface area contributed by atoms with Crippen LogP contribution in [0.1, 0.15) is 21.6 Å². The van der Waals surface area contributed by atoms with Gasteiger partial charge in [-0.15, -0.1) is 0 Å². The molecule has 2 aromatic rings. The molecule has 0 saturated heterocycles. The Morgan fingerprint density at radius 1 is 1.30 bits per heavy atom. The van der Waals surface area contributed by atoms with Gasteiger partial charge in [0, 0.05) is 19.3 Å². The van der Waals surface area contributed by atoms with E-state index in [0.717, 1.165) is 17.0 Å². The number of methoxy groups -OCH3 is 1. The second kappa shape index (κ2) is 6.68. The number of hydrogen-bond donors (Lipinski definition) is 2. The Hall–Kier alpha value is -2.40. The molecular weight excluding hydrogens is 256 g/mol. The van der Waals surface area contributed by atoms with E-state index >= 15 is 0 Å². The van der Waals surface area contributed by atoms with Crippen molar-refractivity contribution in [2.45, 2.75) is 13.1 Å². The summed E-state index contributed by atoms with van der Waals surface area (Å²) in [6.07, 6.45) is 1.37. The molecule has 0 radical (unpaired) electrons. The number of nitrogens with one attached hydrogen (secondary N) is 1. The zero-order chi connectivity index (χ0) is 14.4. The van der Waals surface area contributed by atoms with Crippen LogP contribution in [0.3, 0.4) is 0 Å². The molecule has 0 bridgehead atoms. The largest absolute Gasteiger partial charge is 0.497 e. The van der Waals surface area contributed by atoms with Crippen molar-refractivity contribution in [3.63, 3.8) is 0 Å². The fourth-order valence-corrected chi connectivity index (χ4v) is 1.77. The van der Waals surface area contributed by atoms with Crippen molar-refractivity contribution in [1.29, 1.82) is 0 Å². The lowest BCUT2D eigenvalue weighted by Crippen LogP contribution is -2.14. The van der Waals surface area contributed by atoms with Gasteiger partial charge in [-0.25, -0.2) is 4.79 Å². The van der Waals surface area contributed by atoms with Crippen LogP contribution in [0.5, 0.6) is 5.75 Å². The Morgan fingerprint density at radius 2 is 2.15 bits per heavy atom. The summed E-state index contributed by atoms with van der Waals surface area (Å²) in [5, 5.41) is 12.0. The van der Waals surface area contributed by atoms with E-state index in [9.17, 15) is 4.79 Å². The first-order valence-electron chi connectivity index (χ1n) is 6.21. The SMILES string of the molecule is COc1cccc(CNCc2ccc(C(=O)O)cn2)c1. The van der Waals surface area contributed by atoms with E-state index in [4.69, 9.17) is 9.84 Å². The van der Waals surface area contributed by atoms with Crippen molar-refractivity contribution in [2.75, 3.05) is 7.11 Å². The normalized spacial score (nSPS) is 10.2. The summed E-state index contributed by atoms with van der Waals surface area (Å²) < 4.78 is 5.16. The Labute approximate surface area is 117 Å². The summed E-state index contributed by atoms with van der Waals surface area (Å²) in [6, 6.07) is 11.1. The zero-order valence-electron chi connectivity index (χ0n) is 11.2. The number of aromatic nitrogens is 1. The molecule has 0 aliphatic carbocycles. The molecule has 0 aliphatic heterocycles. The first kappa shape index (κ1) is 14.0.